The number of carboxylic acids is 1. The average Bonchev–Trinajstić information content (AvgIpc) is 2.19. The number of pyridine rings is 1. The summed E-state index contributed by atoms with van der Waals surface area (Å²) in [6.45, 7) is 0. The maximum Gasteiger partial charge on any atom is 0.320 e. The van der Waals surface area contributed by atoms with Crippen molar-refractivity contribution in [1.29, 1.82) is 0 Å². The van der Waals surface area contributed by atoms with Gasteiger partial charge in [0.25, 0.3) is 0 Å². The van der Waals surface area contributed by atoms with Crippen LogP contribution in [0.5, 0.6) is 0 Å². The molecule has 0 bridgehead atoms. The van der Waals surface area contributed by atoms with Gasteiger partial charge < -0.3 is 16.6 Å². The van der Waals surface area contributed by atoms with Crippen molar-refractivity contribution in [1.82, 2.24) is 4.98 Å². The molecule has 14 heavy (non-hydrogen) atoms. The Morgan fingerprint density at radius 2 is 2.29 bits per heavy atom. The first-order valence-corrected chi connectivity index (χ1v) is 4.25. The van der Waals surface area contributed by atoms with Crippen molar-refractivity contribution < 1.29 is 9.90 Å². The summed E-state index contributed by atoms with van der Waals surface area (Å²) in [4.78, 5) is 14.4. The molecule has 5 N–H and O–H groups in total. The Morgan fingerprint density at radius 3 is 2.79 bits per heavy atom. The van der Waals surface area contributed by atoms with E-state index >= 15 is 0 Å². The van der Waals surface area contributed by atoms with E-state index in [9.17, 15) is 4.79 Å². The number of rotatable bonds is 4. The van der Waals surface area contributed by atoms with Crippen LogP contribution in [-0.2, 0) is 4.79 Å². The Balaban J connectivity index is 2.59. The molecule has 0 aliphatic carbocycles. The lowest BCUT2D eigenvalue weighted by atomic mass is 10.0. The van der Waals surface area contributed by atoms with Gasteiger partial charge in [0.1, 0.15) is 6.04 Å². The molecule has 0 aromatic carbocycles. The van der Waals surface area contributed by atoms with Gasteiger partial charge in [-0.15, -0.1) is 0 Å². The summed E-state index contributed by atoms with van der Waals surface area (Å²) in [7, 11) is 0. The van der Waals surface area contributed by atoms with E-state index in [4.69, 9.17) is 16.6 Å². The van der Waals surface area contributed by atoms with Gasteiger partial charge in [-0.3, -0.25) is 9.78 Å². The second-order valence-corrected chi connectivity index (χ2v) is 3.07. The second kappa shape index (κ2) is 4.69. The van der Waals surface area contributed by atoms with E-state index in [0.717, 1.165) is 5.56 Å². The summed E-state index contributed by atoms with van der Waals surface area (Å²) in [5.41, 5.74) is 11.9. The number of nitrogens with two attached hydrogens (primary N) is 2. The molecule has 1 rings (SSSR count). The van der Waals surface area contributed by atoms with E-state index in [-0.39, 0.29) is 12.5 Å². The maximum atomic E-state index is 10.5. The molecule has 5 nitrogen and oxygen atoms in total. The SMILES string of the molecule is NC(CC(N)c1cccnc1)C(=O)O. The van der Waals surface area contributed by atoms with Gasteiger partial charge in [-0.05, 0) is 18.1 Å². The molecule has 0 fully saturated rings. The molecule has 1 heterocycles. The number of hydrogen-bond donors (Lipinski definition) is 3. The van der Waals surface area contributed by atoms with Crippen molar-refractivity contribution in [2.75, 3.05) is 0 Å². The van der Waals surface area contributed by atoms with E-state index in [0.29, 0.717) is 0 Å². The monoisotopic (exact) mass is 195 g/mol. The van der Waals surface area contributed by atoms with Crippen LogP contribution in [0.25, 0.3) is 0 Å². The summed E-state index contributed by atoms with van der Waals surface area (Å²) in [5.74, 6) is -1.04. The third-order valence-electron chi connectivity index (χ3n) is 1.94. The molecule has 0 aliphatic heterocycles. The summed E-state index contributed by atoms with van der Waals surface area (Å²) in [6.07, 6.45) is 3.45. The zero-order valence-electron chi connectivity index (χ0n) is 7.63. The van der Waals surface area contributed by atoms with Gasteiger partial charge in [0.15, 0.2) is 0 Å². The Kier molecular flexibility index (Phi) is 3.55. The summed E-state index contributed by atoms with van der Waals surface area (Å²) >= 11 is 0. The highest BCUT2D eigenvalue weighted by molar-refractivity contribution is 5.73. The van der Waals surface area contributed by atoms with E-state index in [1.807, 2.05) is 0 Å². The summed E-state index contributed by atoms with van der Waals surface area (Å²) < 4.78 is 0. The number of hydrogen-bond acceptors (Lipinski definition) is 4. The van der Waals surface area contributed by atoms with Crippen molar-refractivity contribution in [2.45, 2.75) is 18.5 Å². The van der Waals surface area contributed by atoms with Crippen LogP contribution in [0.15, 0.2) is 24.5 Å². The summed E-state index contributed by atoms with van der Waals surface area (Å²) in [5, 5.41) is 8.58. The molecule has 1 aromatic rings. The van der Waals surface area contributed by atoms with Crippen LogP contribution in [0.1, 0.15) is 18.0 Å². The average molecular weight is 195 g/mol. The maximum absolute atomic E-state index is 10.5. The van der Waals surface area contributed by atoms with Crippen LogP contribution in [0.3, 0.4) is 0 Å². The molecule has 0 amide bonds. The van der Waals surface area contributed by atoms with Crippen molar-refractivity contribution in [3.05, 3.63) is 30.1 Å². The first-order valence-electron chi connectivity index (χ1n) is 4.25. The highest BCUT2D eigenvalue weighted by atomic mass is 16.4. The van der Waals surface area contributed by atoms with Gasteiger partial charge in [-0.2, -0.15) is 0 Å². The molecule has 0 radical (unpaired) electrons. The number of aromatic nitrogens is 1. The van der Waals surface area contributed by atoms with Gasteiger partial charge in [0.2, 0.25) is 0 Å². The van der Waals surface area contributed by atoms with E-state index in [1.54, 1.807) is 24.5 Å². The fraction of sp³-hybridized carbons (Fsp3) is 0.333. The van der Waals surface area contributed by atoms with E-state index in [1.165, 1.54) is 0 Å². The quantitative estimate of drug-likeness (QED) is 0.621. The molecule has 0 spiro atoms. The predicted molar refractivity (Wildman–Crippen MR) is 51.4 cm³/mol. The molecule has 0 saturated carbocycles. The lowest BCUT2D eigenvalue weighted by Gasteiger charge is -2.13. The van der Waals surface area contributed by atoms with Crippen molar-refractivity contribution >= 4 is 5.97 Å². The smallest absolute Gasteiger partial charge is 0.320 e. The normalized spacial score (nSPS) is 14.7. The molecule has 2 unspecified atom stereocenters. The molecular formula is C9H13N3O2. The Bertz CT molecular complexity index is 302. The lowest BCUT2D eigenvalue weighted by Crippen LogP contribution is -2.33. The lowest BCUT2D eigenvalue weighted by molar-refractivity contribution is -0.138. The van der Waals surface area contributed by atoms with Crippen LogP contribution in [0.2, 0.25) is 0 Å². The number of nitrogens with zero attached hydrogens (tertiary/aromatic N) is 1. The summed E-state index contributed by atoms with van der Waals surface area (Å²) in [6, 6.07) is 2.24. The molecule has 5 heteroatoms. The zero-order valence-corrected chi connectivity index (χ0v) is 7.63. The van der Waals surface area contributed by atoms with Crippen molar-refractivity contribution in [3.63, 3.8) is 0 Å². The first kappa shape index (κ1) is 10.6. The molecule has 2 atom stereocenters. The van der Waals surface area contributed by atoms with Crippen LogP contribution >= 0.6 is 0 Å². The van der Waals surface area contributed by atoms with Crippen LogP contribution in [0.4, 0.5) is 0 Å². The largest absolute Gasteiger partial charge is 0.480 e. The fourth-order valence-corrected chi connectivity index (χ4v) is 1.11. The minimum absolute atomic E-state index is 0.209. The molecular weight excluding hydrogens is 182 g/mol. The van der Waals surface area contributed by atoms with Gasteiger partial charge in [0.05, 0.1) is 0 Å². The molecule has 0 saturated heterocycles. The van der Waals surface area contributed by atoms with Gasteiger partial charge >= 0.3 is 5.97 Å². The number of aliphatic carboxylic acids is 1. The predicted octanol–water partition coefficient (Wildman–Crippen LogP) is -0.117. The van der Waals surface area contributed by atoms with Crippen molar-refractivity contribution in [2.24, 2.45) is 11.5 Å². The van der Waals surface area contributed by atoms with E-state index in [2.05, 4.69) is 4.98 Å². The van der Waals surface area contributed by atoms with Gasteiger partial charge in [0, 0.05) is 18.4 Å². The van der Waals surface area contributed by atoms with Crippen LogP contribution in [0, 0.1) is 0 Å². The Labute approximate surface area is 81.7 Å². The molecule has 76 valence electrons. The van der Waals surface area contributed by atoms with Crippen molar-refractivity contribution in [3.8, 4) is 0 Å². The fourth-order valence-electron chi connectivity index (χ4n) is 1.11. The Hall–Kier alpha value is -1.46. The highest BCUT2D eigenvalue weighted by Crippen LogP contribution is 2.13. The topological polar surface area (TPSA) is 102 Å². The standard InChI is InChI=1S/C9H13N3O2/c10-7(4-8(11)9(13)14)6-2-1-3-12-5-6/h1-3,5,7-8H,4,10-11H2,(H,13,14). The van der Waals surface area contributed by atoms with Gasteiger partial charge in [-0.1, -0.05) is 6.07 Å². The molecule has 1 aromatic heterocycles. The zero-order chi connectivity index (χ0) is 10.6. The number of carbonyl (C=O) groups is 1. The second-order valence-electron chi connectivity index (χ2n) is 3.07. The molecule has 0 aliphatic rings. The Morgan fingerprint density at radius 1 is 1.57 bits per heavy atom. The van der Waals surface area contributed by atoms with Crippen LogP contribution < -0.4 is 11.5 Å². The first-order chi connectivity index (χ1) is 6.61. The minimum Gasteiger partial charge on any atom is -0.480 e. The van der Waals surface area contributed by atoms with Crippen LogP contribution in [-0.4, -0.2) is 22.1 Å². The van der Waals surface area contributed by atoms with E-state index < -0.39 is 12.0 Å². The minimum atomic E-state index is -1.04. The number of carboxylic acid groups (broad SMARTS) is 1. The third kappa shape index (κ3) is 2.79. The highest BCUT2D eigenvalue weighted by Gasteiger charge is 2.16. The third-order valence-corrected chi connectivity index (χ3v) is 1.94. The van der Waals surface area contributed by atoms with Gasteiger partial charge in [-0.25, -0.2) is 0 Å².